The maximum atomic E-state index is 4.32. The molecule has 0 unspecified atom stereocenters. The van der Waals surface area contributed by atoms with Crippen LogP contribution < -0.4 is 5.32 Å². The lowest BCUT2D eigenvalue weighted by Crippen LogP contribution is -2.01. The van der Waals surface area contributed by atoms with Gasteiger partial charge >= 0.3 is 0 Å². The summed E-state index contributed by atoms with van der Waals surface area (Å²) in [6.45, 7) is 2.87. The van der Waals surface area contributed by atoms with Gasteiger partial charge in [0.05, 0.1) is 17.4 Å². The number of hydrogen-bond donors (Lipinski definition) is 1. The van der Waals surface area contributed by atoms with E-state index in [1.54, 1.807) is 0 Å². The van der Waals surface area contributed by atoms with Crippen molar-refractivity contribution in [2.45, 2.75) is 13.5 Å². The van der Waals surface area contributed by atoms with E-state index >= 15 is 0 Å². The summed E-state index contributed by atoms with van der Waals surface area (Å²) in [4.78, 5) is 8.46. The van der Waals surface area contributed by atoms with Gasteiger partial charge in [0.1, 0.15) is 0 Å². The summed E-state index contributed by atoms with van der Waals surface area (Å²) in [7, 11) is 0. The van der Waals surface area contributed by atoms with E-state index in [0.717, 1.165) is 17.7 Å². The lowest BCUT2D eigenvalue weighted by Gasteiger charge is -2.09. The zero-order chi connectivity index (χ0) is 13.1. The van der Waals surface area contributed by atoms with Gasteiger partial charge in [0, 0.05) is 24.3 Å². The Kier molecular flexibility index (Phi) is 3.11. The molecule has 0 spiro atoms. The van der Waals surface area contributed by atoms with E-state index in [2.05, 4.69) is 46.5 Å². The molecule has 3 nitrogen and oxygen atoms in total. The highest BCUT2D eigenvalue weighted by molar-refractivity contribution is 5.79. The van der Waals surface area contributed by atoms with E-state index in [1.807, 2.05) is 30.7 Å². The third-order valence-corrected chi connectivity index (χ3v) is 3.19. The largest absolute Gasteiger partial charge is 0.380 e. The van der Waals surface area contributed by atoms with Gasteiger partial charge in [0.2, 0.25) is 0 Å². The van der Waals surface area contributed by atoms with E-state index in [-0.39, 0.29) is 0 Å². The first-order valence-corrected chi connectivity index (χ1v) is 6.31. The molecule has 1 aromatic carbocycles. The Balaban J connectivity index is 1.80. The molecule has 0 aliphatic rings. The molecule has 1 N–H and O–H groups in total. The Morgan fingerprint density at radius 1 is 1.11 bits per heavy atom. The van der Waals surface area contributed by atoms with Crippen LogP contribution in [0.2, 0.25) is 0 Å². The van der Waals surface area contributed by atoms with Gasteiger partial charge in [-0.15, -0.1) is 0 Å². The number of hydrogen-bond acceptors (Lipinski definition) is 3. The maximum absolute atomic E-state index is 4.32. The summed E-state index contributed by atoms with van der Waals surface area (Å²) >= 11 is 0. The van der Waals surface area contributed by atoms with E-state index in [4.69, 9.17) is 0 Å². The van der Waals surface area contributed by atoms with Crippen LogP contribution in [0.15, 0.2) is 55.0 Å². The second-order valence-electron chi connectivity index (χ2n) is 4.57. The van der Waals surface area contributed by atoms with Gasteiger partial charge in [-0.3, -0.25) is 9.97 Å². The molecule has 3 heteroatoms. The molecule has 0 bridgehead atoms. The van der Waals surface area contributed by atoms with Crippen LogP contribution in [0, 0.1) is 6.92 Å². The summed E-state index contributed by atoms with van der Waals surface area (Å²) in [5, 5.41) is 4.58. The molecule has 0 saturated carbocycles. The van der Waals surface area contributed by atoms with Crippen molar-refractivity contribution in [1.82, 2.24) is 9.97 Å². The van der Waals surface area contributed by atoms with Crippen LogP contribution in [0.25, 0.3) is 10.9 Å². The molecule has 2 heterocycles. The summed E-state index contributed by atoms with van der Waals surface area (Å²) in [5.41, 5.74) is 4.55. The Hall–Kier alpha value is -2.42. The fourth-order valence-electron chi connectivity index (χ4n) is 2.08. The fourth-order valence-corrected chi connectivity index (χ4v) is 2.08. The quantitative estimate of drug-likeness (QED) is 0.771. The predicted molar refractivity (Wildman–Crippen MR) is 78.0 cm³/mol. The monoisotopic (exact) mass is 249 g/mol. The number of nitrogens with zero attached hydrogens (tertiary/aromatic N) is 2. The number of pyridine rings is 2. The number of rotatable bonds is 3. The molecule has 94 valence electrons. The molecule has 3 rings (SSSR count). The molecule has 0 radical (unpaired) electrons. The van der Waals surface area contributed by atoms with E-state index < -0.39 is 0 Å². The molecule has 0 amide bonds. The van der Waals surface area contributed by atoms with Crippen LogP contribution in [0.1, 0.15) is 11.1 Å². The Morgan fingerprint density at radius 3 is 2.95 bits per heavy atom. The Labute approximate surface area is 112 Å². The van der Waals surface area contributed by atoms with Crippen molar-refractivity contribution in [3.8, 4) is 0 Å². The van der Waals surface area contributed by atoms with Crippen molar-refractivity contribution in [2.75, 3.05) is 5.32 Å². The number of nitrogens with one attached hydrogen (secondary N) is 1. The molecule has 2 aromatic heterocycles. The topological polar surface area (TPSA) is 37.8 Å². The van der Waals surface area contributed by atoms with Crippen LogP contribution in [-0.2, 0) is 6.54 Å². The molecular formula is C16H15N3. The number of aromatic nitrogens is 2. The first kappa shape index (κ1) is 11.7. The smallest absolute Gasteiger partial charge is 0.0702 e. The molecule has 0 atom stereocenters. The molecule has 0 saturated heterocycles. The summed E-state index contributed by atoms with van der Waals surface area (Å²) in [6.07, 6.45) is 5.49. The highest BCUT2D eigenvalue weighted by atomic mass is 14.9. The molecule has 0 aliphatic carbocycles. The van der Waals surface area contributed by atoms with Gasteiger partial charge in [-0.1, -0.05) is 12.1 Å². The summed E-state index contributed by atoms with van der Waals surface area (Å²) in [6, 6.07) is 12.4. The Bertz CT molecular complexity index is 707. The number of anilines is 1. The highest BCUT2D eigenvalue weighted by Crippen LogP contribution is 2.16. The lowest BCUT2D eigenvalue weighted by molar-refractivity contribution is 1.13. The van der Waals surface area contributed by atoms with Crippen molar-refractivity contribution in [2.24, 2.45) is 0 Å². The first-order valence-electron chi connectivity index (χ1n) is 6.31. The highest BCUT2D eigenvalue weighted by Gasteiger charge is 1.99. The van der Waals surface area contributed by atoms with Gasteiger partial charge < -0.3 is 5.32 Å². The van der Waals surface area contributed by atoms with Gasteiger partial charge in [-0.25, -0.2) is 0 Å². The maximum Gasteiger partial charge on any atom is 0.0702 e. The summed E-state index contributed by atoms with van der Waals surface area (Å²) in [5.74, 6) is 0. The van der Waals surface area contributed by atoms with Gasteiger partial charge in [0.25, 0.3) is 0 Å². The first-order chi connectivity index (χ1) is 9.33. The van der Waals surface area contributed by atoms with E-state index in [1.165, 1.54) is 16.5 Å². The number of aryl methyl sites for hydroxylation is 1. The number of fused-ring (bicyclic) bond motifs is 1. The minimum Gasteiger partial charge on any atom is -0.380 e. The van der Waals surface area contributed by atoms with Crippen molar-refractivity contribution in [3.63, 3.8) is 0 Å². The van der Waals surface area contributed by atoms with Crippen LogP contribution >= 0.6 is 0 Å². The van der Waals surface area contributed by atoms with Crippen LogP contribution in [-0.4, -0.2) is 9.97 Å². The van der Waals surface area contributed by atoms with Crippen LogP contribution in [0.3, 0.4) is 0 Å². The van der Waals surface area contributed by atoms with E-state index in [0.29, 0.717) is 0 Å². The van der Waals surface area contributed by atoms with Crippen molar-refractivity contribution in [3.05, 3.63) is 66.1 Å². The predicted octanol–water partition coefficient (Wildman–Crippen LogP) is 3.55. The molecular weight excluding hydrogens is 234 g/mol. The average Bonchev–Trinajstić information content (AvgIpc) is 2.46. The molecule has 19 heavy (non-hydrogen) atoms. The second-order valence-corrected chi connectivity index (χ2v) is 4.57. The third kappa shape index (κ3) is 2.55. The lowest BCUT2D eigenvalue weighted by atomic mass is 10.1. The summed E-state index contributed by atoms with van der Waals surface area (Å²) < 4.78 is 0. The normalized spacial score (nSPS) is 10.6. The van der Waals surface area contributed by atoms with Crippen molar-refractivity contribution < 1.29 is 0 Å². The van der Waals surface area contributed by atoms with Gasteiger partial charge in [-0.2, -0.15) is 0 Å². The van der Waals surface area contributed by atoms with Gasteiger partial charge in [0.15, 0.2) is 0 Å². The molecule has 0 aliphatic heterocycles. The minimum absolute atomic E-state index is 0.789. The molecule has 3 aromatic rings. The third-order valence-electron chi connectivity index (χ3n) is 3.19. The Morgan fingerprint density at radius 2 is 2.05 bits per heavy atom. The van der Waals surface area contributed by atoms with Gasteiger partial charge in [-0.05, 0) is 42.3 Å². The van der Waals surface area contributed by atoms with Crippen molar-refractivity contribution in [1.29, 1.82) is 0 Å². The van der Waals surface area contributed by atoms with Crippen molar-refractivity contribution >= 4 is 16.6 Å². The zero-order valence-corrected chi connectivity index (χ0v) is 10.8. The van der Waals surface area contributed by atoms with E-state index in [9.17, 15) is 0 Å². The average molecular weight is 249 g/mol. The molecule has 0 fully saturated rings. The fraction of sp³-hybridized carbons (Fsp3) is 0.125. The SMILES string of the molecule is Cc1ccncc1NCc1ccc2ncccc2c1. The second kappa shape index (κ2) is 5.06. The minimum atomic E-state index is 0.789. The van der Waals surface area contributed by atoms with Crippen LogP contribution in [0.5, 0.6) is 0 Å². The zero-order valence-electron chi connectivity index (χ0n) is 10.8. The van der Waals surface area contributed by atoms with Crippen LogP contribution in [0.4, 0.5) is 5.69 Å². The number of benzene rings is 1. The standard InChI is InChI=1S/C16H15N3/c1-12-6-8-17-11-16(12)19-10-13-4-5-15-14(9-13)3-2-7-18-15/h2-9,11,19H,10H2,1H3.